The number of benzene rings is 3. The summed E-state index contributed by atoms with van der Waals surface area (Å²) in [5.74, 6) is -2.15. The molecule has 8 heteroatoms. The number of nitrogens with zero attached hydrogens (tertiary/aromatic N) is 2. The molecule has 0 spiro atoms. The first-order valence-corrected chi connectivity index (χ1v) is 11.6. The number of hydrogen-bond acceptors (Lipinski definition) is 3. The standard InChI is InChI=1S/C27H20ClFN2O4/c28-18-6-9-22-23(14-18)30(19-7-4-16(5-8-19)17-10-13-35-15-17)26(34)31(22)27(11-12-27)21-3-1-2-20(24(21)29)25(32)33/h1-10,14H,11-13,15H2,(H,32,33). The van der Waals surface area contributed by atoms with Gasteiger partial charge in [-0.2, -0.15) is 0 Å². The van der Waals surface area contributed by atoms with E-state index in [-0.39, 0.29) is 11.3 Å². The second-order valence-electron chi connectivity index (χ2n) is 8.88. The molecule has 0 radical (unpaired) electrons. The van der Waals surface area contributed by atoms with Gasteiger partial charge in [-0.25, -0.2) is 14.0 Å². The average Bonchev–Trinajstić information content (AvgIpc) is 3.31. The minimum atomic E-state index is -1.34. The maximum Gasteiger partial charge on any atom is 0.338 e. The molecule has 0 amide bonds. The van der Waals surface area contributed by atoms with Crippen LogP contribution in [0.4, 0.5) is 4.39 Å². The van der Waals surface area contributed by atoms with Crippen LogP contribution in [-0.4, -0.2) is 33.4 Å². The van der Waals surface area contributed by atoms with Gasteiger partial charge in [0.05, 0.1) is 41.0 Å². The van der Waals surface area contributed by atoms with Gasteiger partial charge in [0, 0.05) is 10.6 Å². The van der Waals surface area contributed by atoms with Crippen molar-refractivity contribution in [1.29, 1.82) is 0 Å². The third-order valence-corrected chi connectivity index (χ3v) is 7.12. The van der Waals surface area contributed by atoms with Crippen LogP contribution in [-0.2, 0) is 10.3 Å². The van der Waals surface area contributed by atoms with E-state index in [0.717, 1.165) is 11.1 Å². The number of aromatic carboxylic acids is 1. The maximum absolute atomic E-state index is 15.3. The third kappa shape index (κ3) is 3.34. The Kier molecular flexibility index (Phi) is 4.95. The van der Waals surface area contributed by atoms with Crippen molar-refractivity contribution in [1.82, 2.24) is 9.13 Å². The summed E-state index contributed by atoms with van der Waals surface area (Å²) in [6.07, 6.45) is 3.06. The fraction of sp³-hybridized carbons (Fsp3) is 0.185. The van der Waals surface area contributed by atoms with E-state index in [1.165, 1.54) is 12.1 Å². The van der Waals surface area contributed by atoms with E-state index in [1.54, 1.807) is 33.4 Å². The smallest absolute Gasteiger partial charge is 0.338 e. The molecule has 0 bridgehead atoms. The molecule has 6 rings (SSSR count). The number of carboxylic acids is 1. The van der Waals surface area contributed by atoms with Gasteiger partial charge in [-0.05, 0) is 60.4 Å². The zero-order chi connectivity index (χ0) is 24.3. The van der Waals surface area contributed by atoms with Gasteiger partial charge in [-0.15, -0.1) is 0 Å². The molecule has 4 aromatic rings. The lowest BCUT2D eigenvalue weighted by Gasteiger charge is -2.19. The molecule has 1 saturated carbocycles. The average molecular weight is 491 g/mol. The van der Waals surface area contributed by atoms with Crippen LogP contribution < -0.4 is 5.69 Å². The second-order valence-corrected chi connectivity index (χ2v) is 9.32. The molecule has 6 nitrogen and oxygen atoms in total. The Balaban J connectivity index is 1.56. The number of carbonyl (C=O) groups is 1. The SMILES string of the molecule is O=C(O)c1cccc(C2(n3c(=O)n(-c4ccc(C5=CCOC5)cc4)c4cc(Cl)ccc43)CC2)c1F. The van der Waals surface area contributed by atoms with E-state index in [1.807, 2.05) is 30.3 Å². The van der Waals surface area contributed by atoms with Gasteiger partial charge in [-0.1, -0.05) is 41.9 Å². The third-order valence-electron chi connectivity index (χ3n) is 6.89. The highest BCUT2D eigenvalue weighted by Gasteiger charge is 2.51. The van der Waals surface area contributed by atoms with Crippen LogP contribution in [0.15, 0.2) is 71.5 Å². The molecule has 35 heavy (non-hydrogen) atoms. The maximum atomic E-state index is 15.3. The molecule has 0 atom stereocenters. The summed E-state index contributed by atoms with van der Waals surface area (Å²) in [5.41, 5.74) is 2.47. The van der Waals surface area contributed by atoms with E-state index in [4.69, 9.17) is 16.3 Å². The predicted molar refractivity (Wildman–Crippen MR) is 131 cm³/mol. The molecular weight excluding hydrogens is 471 g/mol. The van der Waals surface area contributed by atoms with Gasteiger partial charge < -0.3 is 9.84 Å². The van der Waals surface area contributed by atoms with Gasteiger partial charge in [0.1, 0.15) is 5.82 Å². The van der Waals surface area contributed by atoms with Crippen molar-refractivity contribution >= 4 is 34.2 Å². The zero-order valence-corrected chi connectivity index (χ0v) is 19.3. The molecule has 1 aliphatic heterocycles. The Bertz CT molecular complexity index is 1600. The number of halogens is 2. The van der Waals surface area contributed by atoms with Crippen LogP contribution in [0.25, 0.3) is 22.3 Å². The van der Waals surface area contributed by atoms with Gasteiger partial charge in [0.25, 0.3) is 0 Å². The highest BCUT2D eigenvalue weighted by molar-refractivity contribution is 6.31. The molecule has 0 unspecified atom stereocenters. The van der Waals surface area contributed by atoms with E-state index in [0.29, 0.717) is 47.8 Å². The Labute approximate surface area is 204 Å². The first-order chi connectivity index (χ1) is 16.9. The Hall–Kier alpha value is -3.68. The van der Waals surface area contributed by atoms with Crippen LogP contribution in [0, 0.1) is 5.82 Å². The largest absolute Gasteiger partial charge is 0.478 e. The minimum absolute atomic E-state index is 0.206. The molecule has 1 aromatic heterocycles. The van der Waals surface area contributed by atoms with Crippen LogP contribution in [0.2, 0.25) is 5.02 Å². The Morgan fingerprint density at radius 1 is 1.06 bits per heavy atom. The minimum Gasteiger partial charge on any atom is -0.478 e. The van der Waals surface area contributed by atoms with Crippen molar-refractivity contribution in [3.05, 3.63) is 105 Å². The van der Waals surface area contributed by atoms with Crippen LogP contribution in [0.1, 0.15) is 34.3 Å². The first-order valence-electron chi connectivity index (χ1n) is 11.2. The summed E-state index contributed by atoms with van der Waals surface area (Å²) in [5, 5.41) is 9.89. The van der Waals surface area contributed by atoms with Crippen molar-refractivity contribution in [2.24, 2.45) is 0 Å². The number of carboxylic acid groups (broad SMARTS) is 1. The summed E-state index contributed by atoms with van der Waals surface area (Å²) >= 11 is 6.31. The van der Waals surface area contributed by atoms with Crippen molar-refractivity contribution in [2.45, 2.75) is 18.4 Å². The monoisotopic (exact) mass is 490 g/mol. The van der Waals surface area contributed by atoms with Crippen molar-refractivity contribution in [3.8, 4) is 5.69 Å². The van der Waals surface area contributed by atoms with Gasteiger partial charge in [0.2, 0.25) is 0 Å². The lowest BCUT2D eigenvalue weighted by Crippen LogP contribution is -2.33. The highest BCUT2D eigenvalue weighted by atomic mass is 35.5. The molecule has 2 aliphatic rings. The molecule has 0 saturated heterocycles. The number of imidazole rings is 1. The van der Waals surface area contributed by atoms with E-state index in [2.05, 4.69) is 0 Å². The highest BCUT2D eigenvalue weighted by Crippen LogP contribution is 2.51. The van der Waals surface area contributed by atoms with Gasteiger partial charge in [-0.3, -0.25) is 9.13 Å². The number of hydrogen-bond donors (Lipinski definition) is 1. The molecule has 1 N–H and O–H groups in total. The van der Waals surface area contributed by atoms with Gasteiger partial charge >= 0.3 is 11.7 Å². The van der Waals surface area contributed by atoms with Crippen LogP contribution >= 0.6 is 11.6 Å². The van der Waals surface area contributed by atoms with Crippen molar-refractivity contribution < 1.29 is 19.0 Å². The molecule has 176 valence electrons. The van der Waals surface area contributed by atoms with Crippen molar-refractivity contribution in [2.75, 3.05) is 13.2 Å². The predicted octanol–water partition coefficient (Wildman–Crippen LogP) is 5.23. The fourth-order valence-electron chi connectivity index (χ4n) is 5.04. The molecule has 2 heterocycles. The molecular formula is C27H20ClFN2O4. The zero-order valence-electron chi connectivity index (χ0n) is 18.5. The second kappa shape index (κ2) is 7.93. The normalized spacial score (nSPS) is 16.5. The van der Waals surface area contributed by atoms with Crippen molar-refractivity contribution in [3.63, 3.8) is 0 Å². The summed E-state index contributed by atoms with van der Waals surface area (Å²) in [4.78, 5) is 25.5. The number of ether oxygens (including phenoxy) is 1. The summed E-state index contributed by atoms with van der Waals surface area (Å²) in [7, 11) is 0. The lowest BCUT2D eigenvalue weighted by molar-refractivity contribution is 0.0691. The molecule has 1 aliphatic carbocycles. The Morgan fingerprint density at radius 3 is 2.49 bits per heavy atom. The first kappa shape index (κ1) is 21.8. The quantitative estimate of drug-likeness (QED) is 0.415. The number of rotatable bonds is 5. The fourth-order valence-corrected chi connectivity index (χ4v) is 5.20. The molecule has 3 aromatic carbocycles. The summed E-state index contributed by atoms with van der Waals surface area (Å²) in [6.45, 7) is 1.14. The van der Waals surface area contributed by atoms with Gasteiger partial charge in [0.15, 0.2) is 0 Å². The van der Waals surface area contributed by atoms with Crippen LogP contribution in [0.3, 0.4) is 0 Å². The van der Waals surface area contributed by atoms with Crippen LogP contribution in [0.5, 0.6) is 0 Å². The molecule has 1 fully saturated rings. The number of fused-ring (bicyclic) bond motifs is 1. The topological polar surface area (TPSA) is 73.5 Å². The summed E-state index contributed by atoms with van der Waals surface area (Å²) in [6, 6.07) is 17.1. The van der Waals surface area contributed by atoms with E-state index < -0.39 is 22.9 Å². The Morgan fingerprint density at radius 2 is 1.83 bits per heavy atom. The number of aromatic nitrogens is 2. The lowest BCUT2D eigenvalue weighted by atomic mass is 10.00. The summed E-state index contributed by atoms with van der Waals surface area (Å²) < 4.78 is 23.9. The van der Waals surface area contributed by atoms with E-state index in [9.17, 15) is 14.7 Å². The van der Waals surface area contributed by atoms with E-state index >= 15 is 4.39 Å².